The number of para-hydroxylation sites is 1. The smallest absolute Gasteiger partial charge is 0.326 e. The van der Waals surface area contributed by atoms with Gasteiger partial charge in [-0.2, -0.15) is 0 Å². The van der Waals surface area contributed by atoms with Crippen LogP contribution in [0.1, 0.15) is 6.92 Å². The molecule has 0 aliphatic heterocycles. The van der Waals surface area contributed by atoms with Crippen LogP contribution in [0, 0.1) is 0 Å². The molecule has 2 aromatic rings. The highest BCUT2D eigenvalue weighted by Crippen LogP contribution is 2.30. The Balaban J connectivity index is 2.50. The van der Waals surface area contributed by atoms with E-state index < -0.39 is 22.5 Å². The number of esters is 1. The van der Waals surface area contributed by atoms with E-state index in [2.05, 4.69) is 0 Å². The van der Waals surface area contributed by atoms with E-state index in [1.54, 1.807) is 25.1 Å². The quantitative estimate of drug-likeness (QED) is 0.707. The summed E-state index contributed by atoms with van der Waals surface area (Å²) in [6.45, 7) is 1.31. The van der Waals surface area contributed by atoms with E-state index in [1.165, 1.54) is 30.3 Å². The van der Waals surface area contributed by atoms with E-state index in [4.69, 9.17) is 27.9 Å². The number of carbonyl (C=O) groups is 1. The van der Waals surface area contributed by atoms with Gasteiger partial charge in [0.15, 0.2) is 0 Å². The highest BCUT2D eigenvalue weighted by Gasteiger charge is 2.29. The lowest BCUT2D eigenvalue weighted by Crippen LogP contribution is -2.36. The van der Waals surface area contributed by atoms with Gasteiger partial charge >= 0.3 is 5.97 Å². The van der Waals surface area contributed by atoms with Gasteiger partial charge in [-0.05, 0) is 43.3 Å². The molecule has 0 saturated heterocycles. The Labute approximate surface area is 150 Å². The first-order chi connectivity index (χ1) is 11.4. The third-order valence-electron chi connectivity index (χ3n) is 3.10. The number of hydrogen-bond donors (Lipinski definition) is 0. The maximum Gasteiger partial charge on any atom is 0.326 e. The second-order valence-corrected chi connectivity index (χ2v) is 7.43. The Morgan fingerprint density at radius 1 is 1.08 bits per heavy atom. The van der Waals surface area contributed by atoms with Crippen molar-refractivity contribution in [3.05, 3.63) is 58.6 Å². The molecule has 0 aromatic heterocycles. The fourth-order valence-corrected chi connectivity index (χ4v) is 3.85. The maximum atomic E-state index is 13.0. The van der Waals surface area contributed by atoms with Crippen molar-refractivity contribution in [2.24, 2.45) is 0 Å². The third kappa shape index (κ3) is 4.20. The molecule has 0 bridgehead atoms. The Morgan fingerprint density at radius 3 is 2.29 bits per heavy atom. The van der Waals surface area contributed by atoms with Crippen LogP contribution in [-0.2, 0) is 19.6 Å². The standard InChI is InChI=1S/C16H15Cl2NO4S/c1-2-23-16(20)11-19(15-6-4-3-5-14(15)18)24(21,22)13-9-7-12(17)8-10-13/h3-10H,2,11H2,1H3. The van der Waals surface area contributed by atoms with Crippen molar-refractivity contribution in [3.8, 4) is 0 Å². The molecule has 0 aliphatic rings. The number of sulfonamides is 1. The normalized spacial score (nSPS) is 11.1. The summed E-state index contributed by atoms with van der Waals surface area (Å²) in [7, 11) is -4.02. The topological polar surface area (TPSA) is 63.7 Å². The van der Waals surface area contributed by atoms with Crippen LogP contribution < -0.4 is 4.31 Å². The zero-order valence-corrected chi connectivity index (χ0v) is 15.1. The van der Waals surface area contributed by atoms with Crippen LogP contribution in [0.5, 0.6) is 0 Å². The molecular weight excluding hydrogens is 373 g/mol. The summed E-state index contributed by atoms with van der Waals surface area (Å²) in [6.07, 6.45) is 0. The van der Waals surface area contributed by atoms with E-state index in [0.717, 1.165) is 4.31 Å². The summed E-state index contributed by atoms with van der Waals surface area (Å²) in [5.74, 6) is -0.671. The van der Waals surface area contributed by atoms with Gasteiger partial charge in [0.2, 0.25) is 0 Å². The minimum Gasteiger partial charge on any atom is -0.465 e. The Bertz CT molecular complexity index is 822. The van der Waals surface area contributed by atoms with E-state index >= 15 is 0 Å². The summed E-state index contributed by atoms with van der Waals surface area (Å²) < 4.78 is 31.7. The first kappa shape index (κ1) is 18.6. The van der Waals surface area contributed by atoms with E-state index in [0.29, 0.717) is 5.02 Å². The number of nitrogens with zero attached hydrogens (tertiary/aromatic N) is 1. The monoisotopic (exact) mass is 387 g/mol. The predicted molar refractivity (Wildman–Crippen MR) is 94.1 cm³/mol. The zero-order valence-electron chi connectivity index (χ0n) is 12.8. The van der Waals surface area contributed by atoms with E-state index in [1.807, 2.05) is 0 Å². The summed E-state index contributed by atoms with van der Waals surface area (Å²) in [6, 6.07) is 12.0. The van der Waals surface area contributed by atoms with Crippen molar-refractivity contribution >= 4 is 44.9 Å². The molecule has 0 N–H and O–H groups in total. The predicted octanol–water partition coefficient (Wildman–Crippen LogP) is 3.75. The molecule has 128 valence electrons. The summed E-state index contributed by atoms with van der Waals surface area (Å²) in [4.78, 5) is 11.9. The van der Waals surface area contributed by atoms with Crippen LogP contribution in [-0.4, -0.2) is 27.5 Å². The molecule has 2 aromatic carbocycles. The SMILES string of the molecule is CCOC(=O)CN(c1ccccc1Cl)S(=O)(=O)c1ccc(Cl)cc1. The lowest BCUT2D eigenvalue weighted by molar-refractivity contribution is -0.141. The van der Waals surface area contributed by atoms with Crippen molar-refractivity contribution in [1.82, 2.24) is 0 Å². The Morgan fingerprint density at radius 2 is 1.71 bits per heavy atom. The molecule has 0 spiro atoms. The van der Waals surface area contributed by atoms with Gasteiger partial charge < -0.3 is 4.74 Å². The molecular formula is C16H15Cl2NO4S. The first-order valence-corrected chi connectivity index (χ1v) is 9.24. The molecule has 0 fully saturated rings. The minimum absolute atomic E-state index is 0.00359. The lowest BCUT2D eigenvalue weighted by Gasteiger charge is -2.24. The molecule has 24 heavy (non-hydrogen) atoms. The number of anilines is 1. The van der Waals surface area contributed by atoms with Gasteiger partial charge in [0, 0.05) is 5.02 Å². The molecule has 0 amide bonds. The largest absolute Gasteiger partial charge is 0.465 e. The number of rotatable bonds is 6. The van der Waals surface area contributed by atoms with Crippen LogP contribution >= 0.6 is 23.2 Å². The summed E-state index contributed by atoms with van der Waals surface area (Å²) in [5, 5.41) is 0.614. The van der Waals surface area contributed by atoms with Gasteiger partial charge in [-0.3, -0.25) is 9.10 Å². The number of ether oxygens (including phenoxy) is 1. The molecule has 0 aliphatic carbocycles. The fourth-order valence-electron chi connectivity index (χ4n) is 2.01. The molecule has 5 nitrogen and oxygen atoms in total. The molecule has 0 saturated carbocycles. The first-order valence-electron chi connectivity index (χ1n) is 7.04. The number of halogens is 2. The molecule has 8 heteroatoms. The van der Waals surface area contributed by atoms with Crippen LogP contribution in [0.15, 0.2) is 53.4 Å². The van der Waals surface area contributed by atoms with Gasteiger partial charge in [0.05, 0.1) is 22.2 Å². The second kappa shape index (κ2) is 7.88. The minimum atomic E-state index is -4.02. The second-order valence-electron chi connectivity index (χ2n) is 4.72. The van der Waals surface area contributed by atoms with Crippen LogP contribution in [0.4, 0.5) is 5.69 Å². The number of benzene rings is 2. The molecule has 0 radical (unpaired) electrons. The fraction of sp³-hybridized carbons (Fsp3) is 0.188. The van der Waals surface area contributed by atoms with Crippen molar-refractivity contribution < 1.29 is 17.9 Å². The van der Waals surface area contributed by atoms with Gasteiger partial charge in [-0.25, -0.2) is 8.42 Å². The number of hydrogen-bond acceptors (Lipinski definition) is 4. The average molecular weight is 388 g/mol. The van der Waals surface area contributed by atoms with Crippen LogP contribution in [0.3, 0.4) is 0 Å². The molecule has 0 heterocycles. The van der Waals surface area contributed by atoms with Gasteiger partial charge in [-0.1, -0.05) is 35.3 Å². The Kier molecular flexibility index (Phi) is 6.10. The summed E-state index contributed by atoms with van der Waals surface area (Å²) >= 11 is 11.9. The Hall–Kier alpha value is -1.76. The van der Waals surface area contributed by atoms with Crippen molar-refractivity contribution in [2.75, 3.05) is 17.5 Å². The van der Waals surface area contributed by atoms with E-state index in [-0.39, 0.29) is 22.2 Å². The van der Waals surface area contributed by atoms with Crippen LogP contribution in [0.25, 0.3) is 0 Å². The molecule has 2 rings (SSSR count). The zero-order chi connectivity index (χ0) is 17.7. The van der Waals surface area contributed by atoms with Crippen LogP contribution in [0.2, 0.25) is 10.0 Å². The molecule has 0 atom stereocenters. The van der Waals surface area contributed by atoms with Gasteiger partial charge in [0.1, 0.15) is 6.54 Å². The maximum absolute atomic E-state index is 13.0. The molecule has 0 unspecified atom stereocenters. The van der Waals surface area contributed by atoms with Gasteiger partial charge in [0.25, 0.3) is 10.0 Å². The van der Waals surface area contributed by atoms with Crippen molar-refractivity contribution in [1.29, 1.82) is 0 Å². The highest BCUT2D eigenvalue weighted by molar-refractivity contribution is 7.92. The average Bonchev–Trinajstić information content (AvgIpc) is 2.54. The van der Waals surface area contributed by atoms with Crippen molar-refractivity contribution in [3.63, 3.8) is 0 Å². The highest BCUT2D eigenvalue weighted by atomic mass is 35.5. The third-order valence-corrected chi connectivity index (χ3v) is 5.45. The number of carbonyl (C=O) groups excluding carboxylic acids is 1. The summed E-state index contributed by atoms with van der Waals surface area (Å²) in [5.41, 5.74) is 0.196. The van der Waals surface area contributed by atoms with Crippen molar-refractivity contribution in [2.45, 2.75) is 11.8 Å². The van der Waals surface area contributed by atoms with E-state index in [9.17, 15) is 13.2 Å². The van der Waals surface area contributed by atoms with Gasteiger partial charge in [-0.15, -0.1) is 0 Å². The lowest BCUT2D eigenvalue weighted by atomic mass is 10.3.